The largest absolute Gasteiger partial charge is 0.503 e. The van der Waals surface area contributed by atoms with E-state index in [9.17, 15) is 19.1 Å². The molecule has 0 aliphatic carbocycles. The van der Waals surface area contributed by atoms with Crippen molar-refractivity contribution in [2.75, 3.05) is 6.54 Å². The van der Waals surface area contributed by atoms with E-state index in [0.29, 0.717) is 12.1 Å². The van der Waals surface area contributed by atoms with E-state index < -0.39 is 23.1 Å². The Morgan fingerprint density at radius 2 is 1.86 bits per heavy atom. The highest BCUT2D eigenvalue weighted by molar-refractivity contribution is 6.10. The summed E-state index contributed by atoms with van der Waals surface area (Å²) >= 11 is 0. The number of halogens is 1. The van der Waals surface area contributed by atoms with E-state index in [1.807, 2.05) is 0 Å². The fraction of sp³-hybridized carbons (Fsp3) is 0.318. The predicted octanol–water partition coefficient (Wildman–Crippen LogP) is 3.77. The van der Waals surface area contributed by atoms with Crippen LogP contribution in [0.5, 0.6) is 0 Å². The van der Waals surface area contributed by atoms with E-state index >= 15 is 0 Å². The van der Waals surface area contributed by atoms with Crippen molar-refractivity contribution in [2.24, 2.45) is 5.41 Å². The first-order valence-corrected chi connectivity index (χ1v) is 9.14. The van der Waals surface area contributed by atoms with Crippen molar-refractivity contribution in [3.63, 3.8) is 0 Å². The molecule has 5 nitrogen and oxygen atoms in total. The number of hydrogen-bond acceptors (Lipinski definition) is 4. The highest BCUT2D eigenvalue weighted by Gasteiger charge is 2.46. The second-order valence-electron chi connectivity index (χ2n) is 7.87. The maximum atomic E-state index is 13.1. The van der Waals surface area contributed by atoms with E-state index in [0.717, 1.165) is 5.56 Å². The molecule has 6 heteroatoms. The summed E-state index contributed by atoms with van der Waals surface area (Å²) in [4.78, 5) is 31.6. The van der Waals surface area contributed by atoms with Crippen molar-refractivity contribution in [1.82, 2.24) is 9.88 Å². The molecule has 0 bridgehead atoms. The summed E-state index contributed by atoms with van der Waals surface area (Å²) in [5.74, 6) is -1.73. The zero-order chi connectivity index (χ0) is 20.5. The highest BCUT2D eigenvalue weighted by Crippen LogP contribution is 2.40. The summed E-state index contributed by atoms with van der Waals surface area (Å²) in [6.07, 6.45) is 2.05. The molecule has 146 valence electrons. The van der Waals surface area contributed by atoms with Gasteiger partial charge in [-0.15, -0.1) is 0 Å². The Morgan fingerprint density at radius 1 is 1.18 bits per heavy atom. The number of benzene rings is 1. The smallest absolute Gasteiger partial charge is 0.290 e. The van der Waals surface area contributed by atoms with Gasteiger partial charge in [-0.25, -0.2) is 4.39 Å². The summed E-state index contributed by atoms with van der Waals surface area (Å²) in [6.45, 7) is 5.50. The fourth-order valence-electron chi connectivity index (χ4n) is 3.27. The van der Waals surface area contributed by atoms with E-state index in [2.05, 4.69) is 4.98 Å². The number of aliphatic hydroxyl groups is 1. The summed E-state index contributed by atoms with van der Waals surface area (Å²) in [5.41, 5.74) is 0.690. The number of Topliss-reactive ketones (excluding diaryl/α,β-unsaturated/α-hetero) is 1. The van der Waals surface area contributed by atoms with Crippen LogP contribution in [0, 0.1) is 11.2 Å². The minimum atomic E-state index is -0.760. The number of carbonyl (C=O) groups is 2. The third-order valence-electron chi connectivity index (χ3n) is 4.75. The molecule has 1 atom stereocenters. The second kappa shape index (κ2) is 7.54. The Morgan fingerprint density at radius 3 is 2.43 bits per heavy atom. The first-order chi connectivity index (χ1) is 13.2. The molecule has 1 N–H and O–H groups in total. The van der Waals surface area contributed by atoms with Crippen LogP contribution in [-0.4, -0.2) is 33.2 Å². The lowest BCUT2D eigenvalue weighted by Gasteiger charge is -2.28. The molecule has 1 aromatic heterocycles. The first-order valence-electron chi connectivity index (χ1n) is 9.14. The molecule has 1 aliphatic heterocycles. The van der Waals surface area contributed by atoms with Gasteiger partial charge in [0.05, 0.1) is 11.3 Å². The van der Waals surface area contributed by atoms with Crippen LogP contribution in [0.2, 0.25) is 0 Å². The molecule has 1 amide bonds. The Kier molecular flexibility index (Phi) is 5.31. The number of aliphatic hydroxyl groups excluding tert-OH is 1. The molecular weight excluding hydrogens is 359 g/mol. The molecular formula is C22H23FN2O3. The molecule has 1 unspecified atom stereocenters. The minimum Gasteiger partial charge on any atom is -0.503 e. The van der Waals surface area contributed by atoms with E-state index in [4.69, 9.17) is 0 Å². The number of rotatable bonds is 5. The lowest BCUT2D eigenvalue weighted by Crippen LogP contribution is -2.34. The van der Waals surface area contributed by atoms with Gasteiger partial charge >= 0.3 is 0 Å². The quantitative estimate of drug-likeness (QED) is 0.854. The van der Waals surface area contributed by atoms with E-state index in [1.165, 1.54) is 17.0 Å². The standard InChI is InChI=1S/C22H23FN2O3/c1-22(2,3)20(27)17-18(16-6-4-5-12-24-16)25(21(28)19(17)26)13-11-14-7-9-15(23)10-8-14/h4-10,12,18,26H,11,13H2,1-3H3. The summed E-state index contributed by atoms with van der Waals surface area (Å²) in [7, 11) is 0. The van der Waals surface area contributed by atoms with Gasteiger partial charge in [0.15, 0.2) is 11.5 Å². The van der Waals surface area contributed by atoms with Crippen molar-refractivity contribution in [2.45, 2.75) is 33.2 Å². The van der Waals surface area contributed by atoms with Gasteiger partial charge in [0.1, 0.15) is 11.9 Å². The molecule has 0 spiro atoms. The van der Waals surface area contributed by atoms with E-state index in [-0.39, 0.29) is 23.7 Å². The van der Waals surface area contributed by atoms with Crippen molar-refractivity contribution in [3.8, 4) is 0 Å². The number of nitrogens with zero attached hydrogens (tertiary/aromatic N) is 2. The summed E-state index contributed by atoms with van der Waals surface area (Å²) in [5, 5.41) is 10.5. The molecule has 2 heterocycles. The predicted molar refractivity (Wildman–Crippen MR) is 103 cm³/mol. The molecule has 1 aliphatic rings. The number of pyridine rings is 1. The average molecular weight is 382 g/mol. The van der Waals surface area contributed by atoms with Crippen LogP contribution in [-0.2, 0) is 16.0 Å². The zero-order valence-corrected chi connectivity index (χ0v) is 16.1. The van der Waals surface area contributed by atoms with Crippen LogP contribution in [0.4, 0.5) is 4.39 Å². The zero-order valence-electron chi connectivity index (χ0n) is 16.1. The Bertz CT molecular complexity index is 915. The third kappa shape index (κ3) is 3.81. The van der Waals surface area contributed by atoms with Gasteiger partial charge in [0.2, 0.25) is 0 Å². The van der Waals surface area contributed by atoms with Gasteiger partial charge in [0, 0.05) is 18.2 Å². The Hall–Kier alpha value is -3.02. The molecule has 0 saturated carbocycles. The Labute approximate surface area is 163 Å². The number of carbonyl (C=O) groups excluding carboxylic acids is 2. The number of hydrogen-bond donors (Lipinski definition) is 1. The molecule has 0 radical (unpaired) electrons. The average Bonchev–Trinajstić information content (AvgIpc) is 2.91. The van der Waals surface area contributed by atoms with Crippen LogP contribution in [0.25, 0.3) is 0 Å². The molecule has 3 rings (SSSR count). The van der Waals surface area contributed by atoms with E-state index in [1.54, 1.807) is 57.3 Å². The SMILES string of the molecule is CC(C)(C)C(=O)C1=C(O)C(=O)N(CCc2ccc(F)cc2)C1c1ccccn1. The summed E-state index contributed by atoms with van der Waals surface area (Å²) < 4.78 is 13.1. The van der Waals surface area contributed by atoms with Gasteiger partial charge < -0.3 is 10.0 Å². The molecule has 28 heavy (non-hydrogen) atoms. The summed E-state index contributed by atoms with van der Waals surface area (Å²) in [6, 6.07) is 10.5. The lowest BCUT2D eigenvalue weighted by atomic mass is 9.83. The monoisotopic (exact) mass is 382 g/mol. The van der Waals surface area contributed by atoms with Crippen LogP contribution >= 0.6 is 0 Å². The van der Waals surface area contributed by atoms with Crippen molar-refractivity contribution in [1.29, 1.82) is 0 Å². The van der Waals surface area contributed by atoms with Gasteiger partial charge in [-0.3, -0.25) is 14.6 Å². The second-order valence-corrected chi connectivity index (χ2v) is 7.87. The van der Waals surface area contributed by atoms with Gasteiger partial charge in [-0.05, 0) is 36.2 Å². The highest BCUT2D eigenvalue weighted by atomic mass is 19.1. The van der Waals surface area contributed by atoms with Crippen LogP contribution in [0.3, 0.4) is 0 Å². The normalized spacial score (nSPS) is 17.4. The van der Waals surface area contributed by atoms with Crippen LogP contribution in [0.1, 0.15) is 38.1 Å². The molecule has 2 aromatic rings. The number of ketones is 1. The molecule has 0 fully saturated rings. The molecule has 1 aromatic carbocycles. The number of amides is 1. The third-order valence-corrected chi connectivity index (χ3v) is 4.75. The van der Waals surface area contributed by atoms with Gasteiger partial charge in [-0.1, -0.05) is 39.0 Å². The first kappa shape index (κ1) is 19.7. The van der Waals surface area contributed by atoms with Crippen molar-refractivity contribution < 1.29 is 19.1 Å². The lowest BCUT2D eigenvalue weighted by molar-refractivity contribution is -0.129. The van der Waals surface area contributed by atoms with Crippen molar-refractivity contribution in [3.05, 3.63) is 77.1 Å². The van der Waals surface area contributed by atoms with Crippen LogP contribution in [0.15, 0.2) is 60.0 Å². The van der Waals surface area contributed by atoms with Crippen LogP contribution < -0.4 is 0 Å². The number of aromatic nitrogens is 1. The van der Waals surface area contributed by atoms with Crippen molar-refractivity contribution >= 4 is 11.7 Å². The maximum absolute atomic E-state index is 13.1. The fourth-order valence-corrected chi connectivity index (χ4v) is 3.27. The minimum absolute atomic E-state index is 0.0790. The Balaban J connectivity index is 1.96. The van der Waals surface area contributed by atoms with Gasteiger partial charge in [0.25, 0.3) is 5.91 Å². The molecule has 0 saturated heterocycles. The maximum Gasteiger partial charge on any atom is 0.290 e. The van der Waals surface area contributed by atoms with Gasteiger partial charge in [-0.2, -0.15) is 0 Å². The topological polar surface area (TPSA) is 70.5 Å².